The van der Waals surface area contributed by atoms with Crippen LogP contribution in [-0.2, 0) is 32.7 Å². The van der Waals surface area contributed by atoms with Gasteiger partial charge in [-0.05, 0) is 64.2 Å². The molecule has 0 aromatic heterocycles. The van der Waals surface area contributed by atoms with Gasteiger partial charge < -0.3 is 25.2 Å². The molecular formula is C45H84NO10P. The Kier molecular flexibility index (Phi) is 39.3. The molecule has 0 fully saturated rings. The number of unbranched alkanes of at least 4 members (excludes halogenated alkanes) is 25. The molecule has 0 radical (unpaired) electrons. The number of ether oxygens (including phenoxy) is 1. The van der Waals surface area contributed by atoms with Crippen molar-refractivity contribution < 1.29 is 47.8 Å². The average molecular weight is 830 g/mol. The van der Waals surface area contributed by atoms with E-state index in [-0.39, 0.29) is 12.8 Å². The molecule has 3 unspecified atom stereocenters. The number of allylic oxidation sites excluding steroid dienone is 4. The highest BCUT2D eigenvalue weighted by atomic mass is 31.2. The normalized spacial score (nSPS) is 13.9. The molecule has 3 atom stereocenters. The molecule has 11 nitrogen and oxygen atoms in total. The second kappa shape index (κ2) is 40.7. The van der Waals surface area contributed by atoms with Crippen molar-refractivity contribution in [1.82, 2.24) is 5.32 Å². The molecular weight excluding hydrogens is 745 g/mol. The third-order valence-corrected chi connectivity index (χ3v) is 10.9. The van der Waals surface area contributed by atoms with Crippen molar-refractivity contribution in [2.75, 3.05) is 19.8 Å². The molecule has 0 aromatic carbocycles. The quantitative estimate of drug-likeness (QED) is 0.0201. The fourth-order valence-electron chi connectivity index (χ4n) is 6.36. The average Bonchev–Trinajstić information content (AvgIpc) is 3.18. The first-order valence-corrected chi connectivity index (χ1v) is 24.4. The van der Waals surface area contributed by atoms with Crippen molar-refractivity contribution in [1.29, 1.82) is 0 Å². The number of aliphatic carboxylic acids is 1. The number of nitrogens with one attached hydrogen (secondary N) is 1. The molecule has 0 aliphatic heterocycles. The maximum Gasteiger partial charge on any atom is 0.472 e. The van der Waals surface area contributed by atoms with Crippen molar-refractivity contribution in [3.05, 3.63) is 24.3 Å². The summed E-state index contributed by atoms with van der Waals surface area (Å²) in [5.41, 5.74) is 0. The van der Waals surface area contributed by atoms with E-state index in [0.717, 1.165) is 57.8 Å². The summed E-state index contributed by atoms with van der Waals surface area (Å²) in [5, 5.41) is 21.8. The van der Waals surface area contributed by atoms with Gasteiger partial charge in [-0.3, -0.25) is 18.6 Å². The minimum absolute atomic E-state index is 0.144. The minimum Gasteiger partial charge on any atom is -0.480 e. The van der Waals surface area contributed by atoms with Crippen molar-refractivity contribution >= 4 is 25.7 Å². The van der Waals surface area contributed by atoms with Crippen LogP contribution in [0.2, 0.25) is 0 Å². The van der Waals surface area contributed by atoms with Gasteiger partial charge in [0.2, 0.25) is 5.91 Å². The van der Waals surface area contributed by atoms with Gasteiger partial charge in [-0.15, -0.1) is 0 Å². The number of hydrogen-bond donors (Lipinski definition) is 4. The zero-order valence-corrected chi connectivity index (χ0v) is 37.0. The number of carboxylic acids is 1. The van der Waals surface area contributed by atoms with E-state index in [2.05, 4.69) is 43.5 Å². The van der Waals surface area contributed by atoms with Gasteiger partial charge in [-0.1, -0.05) is 160 Å². The second-order valence-electron chi connectivity index (χ2n) is 15.6. The van der Waals surface area contributed by atoms with Crippen LogP contribution in [0.5, 0.6) is 0 Å². The lowest BCUT2D eigenvalue weighted by atomic mass is 10.1. The van der Waals surface area contributed by atoms with E-state index in [1.807, 2.05) is 0 Å². The van der Waals surface area contributed by atoms with Crippen LogP contribution in [0.4, 0.5) is 0 Å². The number of rotatable bonds is 43. The summed E-state index contributed by atoms with van der Waals surface area (Å²) >= 11 is 0. The van der Waals surface area contributed by atoms with Gasteiger partial charge in [0, 0.05) is 12.8 Å². The summed E-state index contributed by atoms with van der Waals surface area (Å²) in [7, 11) is -4.76. The van der Waals surface area contributed by atoms with Crippen LogP contribution < -0.4 is 5.32 Å². The number of carbonyl (C=O) groups is 3. The summed E-state index contributed by atoms with van der Waals surface area (Å²) in [6, 6.07) is -1.55. The number of carbonyl (C=O) groups excluding carboxylic acids is 2. The first kappa shape index (κ1) is 55.0. The van der Waals surface area contributed by atoms with Crippen LogP contribution >= 0.6 is 7.82 Å². The van der Waals surface area contributed by atoms with Gasteiger partial charge in [0.25, 0.3) is 0 Å². The Labute approximate surface area is 347 Å². The van der Waals surface area contributed by atoms with E-state index in [4.69, 9.17) is 13.8 Å². The van der Waals surface area contributed by atoms with E-state index in [9.17, 15) is 34.1 Å². The van der Waals surface area contributed by atoms with Gasteiger partial charge in [-0.25, -0.2) is 9.36 Å². The van der Waals surface area contributed by atoms with Gasteiger partial charge in [0.05, 0.1) is 13.2 Å². The van der Waals surface area contributed by atoms with Crippen molar-refractivity contribution in [3.8, 4) is 0 Å². The number of hydrogen-bond acceptors (Lipinski definition) is 8. The number of phosphoric ester groups is 1. The maximum absolute atomic E-state index is 12.3. The van der Waals surface area contributed by atoms with Crippen molar-refractivity contribution in [2.45, 2.75) is 225 Å². The Bertz CT molecular complexity index is 1070. The third kappa shape index (κ3) is 40.5. The predicted molar refractivity (Wildman–Crippen MR) is 231 cm³/mol. The first-order valence-electron chi connectivity index (χ1n) is 22.9. The van der Waals surface area contributed by atoms with Gasteiger partial charge >= 0.3 is 19.8 Å². The summed E-state index contributed by atoms with van der Waals surface area (Å²) in [6.45, 7) is 2.58. The molecule has 0 saturated heterocycles. The Hall–Kier alpha value is -2.04. The Balaban J connectivity index is 3.88. The largest absolute Gasteiger partial charge is 0.480 e. The Morgan fingerprint density at radius 1 is 0.544 bits per heavy atom. The third-order valence-electron chi connectivity index (χ3n) is 9.96. The Morgan fingerprint density at radius 3 is 1.33 bits per heavy atom. The minimum atomic E-state index is -4.76. The highest BCUT2D eigenvalue weighted by Gasteiger charge is 2.28. The molecule has 1 amide bonds. The van der Waals surface area contributed by atoms with Crippen LogP contribution in [0.1, 0.15) is 213 Å². The topological polar surface area (TPSA) is 169 Å². The van der Waals surface area contributed by atoms with Crippen LogP contribution in [0.25, 0.3) is 0 Å². The van der Waals surface area contributed by atoms with E-state index >= 15 is 0 Å². The first-order chi connectivity index (χ1) is 27.6. The van der Waals surface area contributed by atoms with E-state index < -0.39 is 57.6 Å². The molecule has 0 rings (SSSR count). The molecule has 0 saturated carbocycles. The lowest BCUT2D eigenvalue weighted by molar-refractivity contribution is -0.147. The summed E-state index contributed by atoms with van der Waals surface area (Å²) in [4.78, 5) is 45.9. The molecule has 334 valence electrons. The Morgan fingerprint density at radius 2 is 0.912 bits per heavy atom. The number of phosphoric acid groups is 1. The lowest BCUT2D eigenvalue weighted by Crippen LogP contribution is -2.43. The van der Waals surface area contributed by atoms with Gasteiger partial charge in [0.15, 0.2) is 6.04 Å². The fourth-order valence-corrected chi connectivity index (χ4v) is 7.14. The molecule has 0 bridgehead atoms. The van der Waals surface area contributed by atoms with Gasteiger partial charge in [-0.2, -0.15) is 0 Å². The molecule has 57 heavy (non-hydrogen) atoms. The summed E-state index contributed by atoms with van der Waals surface area (Å²) in [5.74, 6) is -2.38. The fraction of sp³-hybridized carbons (Fsp3) is 0.844. The van der Waals surface area contributed by atoms with Gasteiger partial charge in [0.1, 0.15) is 12.7 Å². The SMILES string of the molecule is CCCCCCC/C=C\CCCCCCCC(=O)OCC(O)COP(=O)(O)OCC(NC(=O)CCCCCCCCCCC/C=C/CCCCCCCC)C(=O)O. The van der Waals surface area contributed by atoms with E-state index in [1.165, 1.54) is 116 Å². The summed E-state index contributed by atoms with van der Waals surface area (Å²) < 4.78 is 26.8. The zero-order chi connectivity index (χ0) is 42.1. The lowest BCUT2D eigenvalue weighted by Gasteiger charge is -2.18. The molecule has 4 N–H and O–H groups in total. The van der Waals surface area contributed by atoms with Crippen molar-refractivity contribution in [2.24, 2.45) is 0 Å². The predicted octanol–water partition coefficient (Wildman–Crippen LogP) is 11.8. The molecule has 0 aliphatic carbocycles. The monoisotopic (exact) mass is 830 g/mol. The van der Waals surface area contributed by atoms with Crippen LogP contribution in [0, 0.1) is 0 Å². The smallest absolute Gasteiger partial charge is 0.472 e. The number of esters is 1. The molecule has 0 heterocycles. The molecule has 12 heteroatoms. The van der Waals surface area contributed by atoms with Crippen LogP contribution in [0.3, 0.4) is 0 Å². The highest BCUT2D eigenvalue weighted by Crippen LogP contribution is 2.43. The molecule has 0 aliphatic rings. The number of aliphatic hydroxyl groups is 1. The van der Waals surface area contributed by atoms with Crippen LogP contribution in [-0.4, -0.2) is 64.9 Å². The van der Waals surface area contributed by atoms with Crippen molar-refractivity contribution in [3.63, 3.8) is 0 Å². The zero-order valence-electron chi connectivity index (χ0n) is 36.2. The number of carboxylic acid groups (broad SMARTS) is 1. The maximum atomic E-state index is 12.3. The van der Waals surface area contributed by atoms with E-state index in [0.29, 0.717) is 12.8 Å². The molecule has 0 spiro atoms. The molecule has 0 aromatic rings. The summed E-state index contributed by atoms with van der Waals surface area (Å²) in [6.07, 6.45) is 42.0. The van der Waals surface area contributed by atoms with Crippen LogP contribution in [0.15, 0.2) is 24.3 Å². The standard InChI is InChI=1S/C45H84NO10P/c1-3-5-7-9-11-13-15-17-19-20-21-22-23-24-26-28-30-32-34-36-43(48)46-42(45(50)51)40-56-57(52,53)55-39-41(47)38-54-44(49)37-35-33-31-29-27-25-18-16-14-12-10-8-6-4-2/h16-19,41-42,47H,3-15,20-40H2,1-2H3,(H,46,48)(H,50,51)(H,52,53)/b18-16-,19-17+. The number of amides is 1. The number of aliphatic hydroxyl groups excluding tert-OH is 1. The highest BCUT2D eigenvalue weighted by molar-refractivity contribution is 7.47. The second-order valence-corrected chi connectivity index (χ2v) is 17.0. The van der Waals surface area contributed by atoms with E-state index in [1.54, 1.807) is 0 Å².